The van der Waals surface area contributed by atoms with Crippen LogP contribution >= 0.6 is 0 Å². The van der Waals surface area contributed by atoms with Gasteiger partial charge in [0.15, 0.2) is 5.78 Å². The molecule has 4 rings (SSSR count). The minimum Gasteiger partial charge on any atom is -0.478 e. The van der Waals surface area contributed by atoms with E-state index in [2.05, 4.69) is 26.8 Å². The van der Waals surface area contributed by atoms with Crippen LogP contribution in [-0.4, -0.2) is 16.9 Å². The molecular weight excluding hydrogens is 360 g/mol. The van der Waals surface area contributed by atoms with Crippen molar-refractivity contribution in [3.63, 3.8) is 0 Å². The van der Waals surface area contributed by atoms with Crippen molar-refractivity contribution in [3.05, 3.63) is 23.3 Å². The summed E-state index contributed by atoms with van der Waals surface area (Å²) in [6, 6.07) is 0. The van der Waals surface area contributed by atoms with E-state index < -0.39 is 5.97 Å². The first-order valence-electron chi connectivity index (χ1n) is 11.9. The maximum atomic E-state index is 12.0. The molecule has 7 atom stereocenters. The van der Waals surface area contributed by atoms with Crippen LogP contribution < -0.4 is 0 Å². The summed E-state index contributed by atoms with van der Waals surface area (Å²) in [5.74, 6) is 2.76. The van der Waals surface area contributed by atoms with E-state index >= 15 is 0 Å². The fourth-order valence-electron chi connectivity index (χ4n) is 8.24. The summed E-state index contributed by atoms with van der Waals surface area (Å²) >= 11 is 0. The van der Waals surface area contributed by atoms with Crippen LogP contribution in [0.1, 0.15) is 85.5 Å². The Bertz CT molecular complexity index is 762. The van der Waals surface area contributed by atoms with Crippen molar-refractivity contribution >= 4 is 11.8 Å². The van der Waals surface area contributed by atoms with Gasteiger partial charge in [0.2, 0.25) is 0 Å². The Morgan fingerprint density at radius 3 is 2.62 bits per heavy atom. The molecule has 0 bridgehead atoms. The lowest BCUT2D eigenvalue weighted by Gasteiger charge is -2.58. The molecular formula is C26H38O3. The van der Waals surface area contributed by atoms with Crippen molar-refractivity contribution in [2.75, 3.05) is 0 Å². The van der Waals surface area contributed by atoms with Gasteiger partial charge < -0.3 is 5.11 Å². The summed E-state index contributed by atoms with van der Waals surface area (Å²) in [5.41, 5.74) is 2.58. The molecule has 3 nitrogen and oxygen atoms in total. The second kappa shape index (κ2) is 7.39. The summed E-state index contributed by atoms with van der Waals surface area (Å²) in [4.78, 5) is 23.5. The molecule has 4 aliphatic carbocycles. The maximum absolute atomic E-state index is 12.0. The molecule has 0 aromatic heterocycles. The average Bonchev–Trinajstić information content (AvgIpc) is 3.03. The number of hydrogen-bond acceptors (Lipinski definition) is 2. The van der Waals surface area contributed by atoms with Crippen molar-refractivity contribution in [1.29, 1.82) is 0 Å². The molecule has 0 unspecified atom stereocenters. The van der Waals surface area contributed by atoms with E-state index in [0.29, 0.717) is 35.0 Å². The summed E-state index contributed by atoms with van der Waals surface area (Å²) in [6.45, 7) is 9.15. The Kier molecular flexibility index (Phi) is 5.32. The third kappa shape index (κ3) is 3.24. The van der Waals surface area contributed by atoms with Gasteiger partial charge in [0, 0.05) is 12.0 Å². The zero-order valence-electron chi connectivity index (χ0n) is 18.7. The Balaban J connectivity index is 1.58. The van der Waals surface area contributed by atoms with Gasteiger partial charge in [-0.05, 0) is 97.9 Å². The molecule has 3 heteroatoms. The largest absolute Gasteiger partial charge is 0.478 e. The van der Waals surface area contributed by atoms with Crippen LogP contribution in [-0.2, 0) is 9.59 Å². The molecule has 4 aliphatic rings. The summed E-state index contributed by atoms with van der Waals surface area (Å²) in [5, 5.41) is 9.48. The second-order valence-corrected chi connectivity index (χ2v) is 10.9. The van der Waals surface area contributed by atoms with E-state index in [-0.39, 0.29) is 5.41 Å². The van der Waals surface area contributed by atoms with Crippen molar-refractivity contribution in [2.24, 2.45) is 40.4 Å². The van der Waals surface area contributed by atoms with Gasteiger partial charge in [-0.1, -0.05) is 39.3 Å². The fraction of sp³-hybridized carbons (Fsp3) is 0.769. The number of carbonyl (C=O) groups is 2. The number of allylic oxidation sites excluding steroid dienone is 2. The van der Waals surface area contributed by atoms with Gasteiger partial charge in [0.25, 0.3) is 0 Å². The van der Waals surface area contributed by atoms with Crippen LogP contribution in [0.3, 0.4) is 0 Å². The molecule has 0 radical (unpaired) electrons. The molecule has 160 valence electrons. The number of rotatable bonds is 4. The molecule has 0 aromatic carbocycles. The first-order valence-corrected chi connectivity index (χ1v) is 11.9. The van der Waals surface area contributed by atoms with E-state index in [1.165, 1.54) is 37.7 Å². The van der Waals surface area contributed by atoms with Gasteiger partial charge in [-0.25, -0.2) is 4.79 Å². The molecule has 3 saturated carbocycles. The van der Waals surface area contributed by atoms with Crippen molar-refractivity contribution < 1.29 is 14.7 Å². The third-order valence-corrected chi connectivity index (χ3v) is 9.79. The van der Waals surface area contributed by atoms with Crippen LogP contribution in [0, 0.1) is 40.4 Å². The normalized spacial score (nSPS) is 43.1. The summed E-state index contributed by atoms with van der Waals surface area (Å²) in [6.07, 6.45) is 13.8. The third-order valence-electron chi connectivity index (χ3n) is 9.79. The highest BCUT2D eigenvalue weighted by Gasteiger charge is 2.59. The first kappa shape index (κ1) is 20.9. The lowest BCUT2D eigenvalue weighted by Crippen LogP contribution is -2.50. The van der Waals surface area contributed by atoms with Crippen molar-refractivity contribution in [2.45, 2.75) is 85.5 Å². The second-order valence-electron chi connectivity index (χ2n) is 10.9. The van der Waals surface area contributed by atoms with Crippen molar-refractivity contribution in [1.82, 2.24) is 0 Å². The zero-order valence-corrected chi connectivity index (χ0v) is 18.7. The highest BCUT2D eigenvalue weighted by atomic mass is 16.4. The number of carboxylic acids is 1. The lowest BCUT2D eigenvalue weighted by atomic mass is 9.46. The molecule has 1 N–H and O–H groups in total. The van der Waals surface area contributed by atoms with Gasteiger partial charge in [0.05, 0.1) is 0 Å². The summed E-state index contributed by atoms with van der Waals surface area (Å²) in [7, 11) is 0. The Morgan fingerprint density at radius 2 is 1.93 bits per heavy atom. The van der Waals surface area contributed by atoms with Crippen LogP contribution in [0.15, 0.2) is 23.3 Å². The van der Waals surface area contributed by atoms with Crippen LogP contribution in [0.4, 0.5) is 0 Å². The topological polar surface area (TPSA) is 54.4 Å². The summed E-state index contributed by atoms with van der Waals surface area (Å²) < 4.78 is 0. The quantitative estimate of drug-likeness (QED) is 0.574. The van der Waals surface area contributed by atoms with Crippen molar-refractivity contribution in [3.8, 4) is 0 Å². The van der Waals surface area contributed by atoms with E-state index in [1.54, 1.807) is 0 Å². The van der Waals surface area contributed by atoms with E-state index in [4.69, 9.17) is 0 Å². The molecule has 0 saturated heterocycles. The molecule has 0 spiro atoms. The van der Waals surface area contributed by atoms with Crippen LogP contribution in [0.25, 0.3) is 0 Å². The minimum absolute atomic E-state index is 0.237. The first-order chi connectivity index (χ1) is 13.7. The van der Waals surface area contributed by atoms with Crippen LogP contribution in [0.2, 0.25) is 0 Å². The smallest absolute Gasteiger partial charge is 0.331 e. The van der Waals surface area contributed by atoms with Gasteiger partial charge >= 0.3 is 5.97 Å². The average molecular weight is 399 g/mol. The number of ketones is 1. The lowest BCUT2D eigenvalue weighted by molar-refractivity contribution is -0.132. The Morgan fingerprint density at radius 1 is 1.17 bits per heavy atom. The van der Waals surface area contributed by atoms with E-state index in [0.717, 1.165) is 37.0 Å². The fourth-order valence-corrected chi connectivity index (χ4v) is 8.24. The highest BCUT2D eigenvalue weighted by molar-refractivity contribution is 5.91. The zero-order chi connectivity index (χ0) is 21.0. The monoisotopic (exact) mass is 398 g/mol. The van der Waals surface area contributed by atoms with E-state index in [1.807, 2.05) is 13.0 Å². The number of fused-ring (bicyclic) bond motifs is 5. The molecule has 0 aliphatic heterocycles. The minimum atomic E-state index is -0.755. The highest BCUT2D eigenvalue weighted by Crippen LogP contribution is 2.67. The number of carboxylic acid groups (broad SMARTS) is 1. The molecule has 29 heavy (non-hydrogen) atoms. The van der Waals surface area contributed by atoms with Gasteiger partial charge in [-0.3, -0.25) is 4.79 Å². The standard InChI is InChI=1S/C26H38O3/c1-5-17(24(28)29)14-16(2)21-8-9-22-20-7-6-18-15-19(27)10-12-25(18,3)23(20)11-13-26(21,22)4/h14-16,20-23H,5-13H2,1-4H3,(H,28,29)/t16-,20+,21-,22+,23+,25+,26-/m1/s1. The van der Waals surface area contributed by atoms with Gasteiger partial charge in [0.1, 0.15) is 0 Å². The molecule has 0 amide bonds. The van der Waals surface area contributed by atoms with Gasteiger partial charge in [-0.2, -0.15) is 0 Å². The predicted octanol–water partition coefficient (Wildman–Crippen LogP) is 6.19. The molecule has 0 aromatic rings. The Hall–Kier alpha value is -1.38. The number of hydrogen-bond donors (Lipinski definition) is 1. The maximum Gasteiger partial charge on any atom is 0.331 e. The number of aliphatic carboxylic acids is 1. The molecule has 0 heterocycles. The molecule has 3 fully saturated rings. The van der Waals surface area contributed by atoms with Gasteiger partial charge in [-0.15, -0.1) is 0 Å². The van der Waals surface area contributed by atoms with E-state index in [9.17, 15) is 14.7 Å². The van der Waals surface area contributed by atoms with Crippen LogP contribution in [0.5, 0.6) is 0 Å². The predicted molar refractivity (Wildman–Crippen MR) is 115 cm³/mol. The number of carbonyl (C=O) groups excluding carboxylic acids is 1. The Labute approximate surface area is 176 Å². The SMILES string of the molecule is CCC(=C[C@@H](C)[C@H]1CC[C@H]2[C@@H]3CCC4=CC(=O)CC[C@]4(C)[C@H]3CC[C@]12C)C(=O)O.